The fourth-order valence-corrected chi connectivity index (χ4v) is 4.27. The van der Waals surface area contributed by atoms with Gasteiger partial charge in [-0.1, -0.05) is 33.7 Å². The predicted octanol–water partition coefficient (Wildman–Crippen LogP) is 4.60. The lowest BCUT2D eigenvalue weighted by molar-refractivity contribution is -0.385. The van der Waals surface area contributed by atoms with Gasteiger partial charge in [0.25, 0.3) is 0 Å². The van der Waals surface area contributed by atoms with Crippen molar-refractivity contribution in [3.63, 3.8) is 0 Å². The molecule has 0 fully saturated rings. The third kappa shape index (κ3) is 5.02. The highest BCUT2D eigenvalue weighted by molar-refractivity contribution is 8.76. The molecule has 0 saturated heterocycles. The Labute approximate surface area is 157 Å². The molecule has 0 aliphatic rings. The van der Waals surface area contributed by atoms with Crippen molar-refractivity contribution >= 4 is 33.0 Å². The van der Waals surface area contributed by atoms with E-state index in [9.17, 15) is 20.2 Å². The quantitative estimate of drug-likeness (QED) is 0.262. The maximum atomic E-state index is 11.0. The molecule has 2 aromatic rings. The number of hydrogen-bond acceptors (Lipinski definition) is 8. The molecule has 2 aromatic carbocycles. The van der Waals surface area contributed by atoms with E-state index in [0.29, 0.717) is 11.5 Å². The SMILES string of the molecule is COc1ccc(CSSCc2ccc(OC)c([N+](=O)[O-])c2)cc1[N+](=O)[O-]. The molecule has 0 unspecified atom stereocenters. The minimum Gasteiger partial charge on any atom is -0.490 e. The van der Waals surface area contributed by atoms with Gasteiger partial charge in [-0.25, -0.2) is 0 Å². The zero-order valence-corrected chi connectivity index (χ0v) is 15.7. The summed E-state index contributed by atoms with van der Waals surface area (Å²) in [7, 11) is 5.80. The molecule has 0 spiro atoms. The van der Waals surface area contributed by atoms with Gasteiger partial charge >= 0.3 is 11.4 Å². The van der Waals surface area contributed by atoms with Gasteiger partial charge in [-0.2, -0.15) is 0 Å². The van der Waals surface area contributed by atoms with Crippen LogP contribution in [0.4, 0.5) is 11.4 Å². The van der Waals surface area contributed by atoms with E-state index >= 15 is 0 Å². The average molecular weight is 396 g/mol. The van der Waals surface area contributed by atoms with Crippen LogP contribution in [0.2, 0.25) is 0 Å². The van der Waals surface area contributed by atoms with Crippen LogP contribution in [-0.2, 0) is 11.5 Å². The van der Waals surface area contributed by atoms with Gasteiger partial charge in [-0.05, 0) is 23.3 Å². The number of methoxy groups -OCH3 is 2. The standard InChI is InChI=1S/C16H16N2O6S2/c1-23-15-5-3-11(7-13(15)17(19)20)9-25-26-10-12-4-6-16(24-2)14(8-12)18(21)22/h3-8H,9-10H2,1-2H3. The number of rotatable bonds is 9. The molecule has 0 saturated carbocycles. The lowest BCUT2D eigenvalue weighted by atomic mass is 10.2. The minimum atomic E-state index is -0.476. The lowest BCUT2D eigenvalue weighted by Gasteiger charge is -2.06. The number of nitro benzene ring substituents is 2. The molecule has 0 bridgehead atoms. The van der Waals surface area contributed by atoms with Gasteiger partial charge in [0.2, 0.25) is 0 Å². The van der Waals surface area contributed by atoms with E-state index in [4.69, 9.17) is 9.47 Å². The van der Waals surface area contributed by atoms with Gasteiger partial charge in [-0.15, -0.1) is 0 Å². The summed E-state index contributed by atoms with van der Waals surface area (Å²) in [5.74, 6) is 1.57. The second-order valence-corrected chi connectivity index (χ2v) is 7.51. The van der Waals surface area contributed by atoms with Gasteiger partial charge < -0.3 is 9.47 Å². The van der Waals surface area contributed by atoms with E-state index in [1.807, 2.05) is 0 Å². The van der Waals surface area contributed by atoms with Gasteiger partial charge in [0.1, 0.15) is 0 Å². The molecule has 10 heteroatoms. The molecule has 0 aliphatic heterocycles. The molecule has 0 radical (unpaired) electrons. The van der Waals surface area contributed by atoms with E-state index in [0.717, 1.165) is 11.1 Å². The Morgan fingerprint density at radius 2 is 1.19 bits per heavy atom. The third-order valence-electron chi connectivity index (χ3n) is 3.41. The van der Waals surface area contributed by atoms with Crippen molar-refractivity contribution in [2.45, 2.75) is 11.5 Å². The largest absolute Gasteiger partial charge is 0.490 e. The molecule has 0 aliphatic carbocycles. The summed E-state index contributed by atoms with van der Waals surface area (Å²) < 4.78 is 9.95. The van der Waals surface area contributed by atoms with Crippen LogP contribution in [0.15, 0.2) is 36.4 Å². The van der Waals surface area contributed by atoms with E-state index in [1.165, 1.54) is 47.9 Å². The first-order valence-corrected chi connectivity index (χ1v) is 9.82. The van der Waals surface area contributed by atoms with Crippen LogP contribution in [0.1, 0.15) is 11.1 Å². The zero-order chi connectivity index (χ0) is 19.1. The maximum Gasteiger partial charge on any atom is 0.311 e. The Morgan fingerprint density at radius 1 is 0.808 bits per heavy atom. The number of hydrogen-bond donors (Lipinski definition) is 0. The minimum absolute atomic E-state index is 0.0682. The number of nitro groups is 2. The normalized spacial score (nSPS) is 10.4. The first-order chi connectivity index (χ1) is 12.5. The number of ether oxygens (including phenoxy) is 2. The number of benzene rings is 2. The zero-order valence-electron chi connectivity index (χ0n) is 14.0. The van der Waals surface area contributed by atoms with Crippen LogP contribution in [-0.4, -0.2) is 24.1 Å². The molecule has 0 amide bonds. The molecule has 138 valence electrons. The summed E-state index contributed by atoms with van der Waals surface area (Å²) >= 11 is 0. The molecule has 0 atom stereocenters. The lowest BCUT2D eigenvalue weighted by Crippen LogP contribution is -1.95. The second-order valence-electron chi connectivity index (χ2n) is 5.05. The summed E-state index contributed by atoms with van der Waals surface area (Å²) in [5, 5.41) is 22.1. The van der Waals surface area contributed by atoms with Crippen molar-refractivity contribution in [1.82, 2.24) is 0 Å². The predicted molar refractivity (Wildman–Crippen MR) is 102 cm³/mol. The summed E-state index contributed by atoms with van der Waals surface area (Å²) in [6.07, 6.45) is 0. The van der Waals surface area contributed by atoms with E-state index in [1.54, 1.807) is 24.3 Å². The van der Waals surface area contributed by atoms with Crippen molar-refractivity contribution in [2.75, 3.05) is 14.2 Å². The first kappa shape index (κ1) is 19.9. The highest BCUT2D eigenvalue weighted by Gasteiger charge is 2.16. The Balaban J connectivity index is 1.95. The van der Waals surface area contributed by atoms with Crippen molar-refractivity contribution < 1.29 is 19.3 Å². The highest BCUT2D eigenvalue weighted by Crippen LogP contribution is 2.35. The van der Waals surface area contributed by atoms with Crippen LogP contribution in [0.5, 0.6) is 11.5 Å². The molecule has 0 heterocycles. The second kappa shape index (κ2) is 9.30. The smallest absolute Gasteiger partial charge is 0.311 e. The summed E-state index contributed by atoms with van der Waals surface area (Å²) in [6, 6.07) is 9.68. The molecule has 0 aromatic heterocycles. The van der Waals surface area contributed by atoms with Gasteiger partial charge in [0.05, 0.1) is 24.1 Å². The summed E-state index contributed by atoms with van der Waals surface area (Å²) in [5.41, 5.74) is 1.47. The van der Waals surface area contributed by atoms with Crippen LogP contribution < -0.4 is 9.47 Å². The average Bonchev–Trinajstić information content (AvgIpc) is 2.64. The van der Waals surface area contributed by atoms with Crippen LogP contribution >= 0.6 is 21.6 Å². The highest BCUT2D eigenvalue weighted by atomic mass is 33.1. The van der Waals surface area contributed by atoms with Crippen molar-refractivity contribution in [3.8, 4) is 11.5 Å². The summed E-state index contributed by atoms with van der Waals surface area (Å²) in [6.45, 7) is 0. The van der Waals surface area contributed by atoms with E-state index in [2.05, 4.69) is 0 Å². The van der Waals surface area contributed by atoms with Crippen molar-refractivity contribution in [2.24, 2.45) is 0 Å². The van der Waals surface area contributed by atoms with E-state index in [-0.39, 0.29) is 22.9 Å². The van der Waals surface area contributed by atoms with Crippen LogP contribution in [0.25, 0.3) is 0 Å². The fraction of sp³-hybridized carbons (Fsp3) is 0.250. The van der Waals surface area contributed by atoms with Crippen molar-refractivity contribution in [3.05, 3.63) is 67.8 Å². The molecule has 8 nitrogen and oxygen atoms in total. The molecule has 26 heavy (non-hydrogen) atoms. The van der Waals surface area contributed by atoms with Gasteiger partial charge in [0, 0.05) is 23.6 Å². The molecular formula is C16H16N2O6S2. The Morgan fingerprint density at radius 3 is 1.50 bits per heavy atom. The fourth-order valence-electron chi connectivity index (χ4n) is 2.16. The first-order valence-electron chi connectivity index (χ1n) is 7.33. The Hall–Kier alpha value is -2.46. The third-order valence-corrected chi connectivity index (χ3v) is 5.69. The molecule has 0 N–H and O–H groups in total. The topological polar surface area (TPSA) is 105 Å². The maximum absolute atomic E-state index is 11.0. The number of nitrogens with zero attached hydrogens (tertiary/aromatic N) is 2. The van der Waals surface area contributed by atoms with Crippen molar-refractivity contribution in [1.29, 1.82) is 0 Å². The molecular weight excluding hydrogens is 380 g/mol. The van der Waals surface area contributed by atoms with Gasteiger partial charge in [-0.3, -0.25) is 20.2 Å². The Kier molecular flexibility index (Phi) is 7.10. The van der Waals surface area contributed by atoms with Crippen LogP contribution in [0.3, 0.4) is 0 Å². The monoisotopic (exact) mass is 396 g/mol. The van der Waals surface area contributed by atoms with Gasteiger partial charge in [0.15, 0.2) is 11.5 Å². The Bertz CT molecular complexity index is 748. The molecule has 2 rings (SSSR count). The van der Waals surface area contributed by atoms with E-state index < -0.39 is 9.85 Å². The summed E-state index contributed by atoms with van der Waals surface area (Å²) in [4.78, 5) is 21.1. The van der Waals surface area contributed by atoms with Crippen LogP contribution in [0, 0.1) is 20.2 Å².